The van der Waals surface area contributed by atoms with E-state index < -0.39 is 0 Å². The largest absolute Gasteiger partial charge is 0.105 e. The molecule has 0 aromatic heterocycles. The fourth-order valence-electron chi connectivity index (χ4n) is 3.09. The van der Waals surface area contributed by atoms with Crippen molar-refractivity contribution in [1.29, 1.82) is 0 Å². The van der Waals surface area contributed by atoms with E-state index in [2.05, 4.69) is 42.5 Å². The maximum absolute atomic E-state index is 2.53. The Kier molecular flexibility index (Phi) is 4.32. The summed E-state index contributed by atoms with van der Waals surface area (Å²) in [7, 11) is 2.38. The molecule has 1 saturated carbocycles. The molecule has 0 amide bonds. The standard InChI is InChI=1S/C14H29B/c1-10(2)6-8-14(5)9-7-13(14)11(3)12(4)15/h10-13H,6-9,15H2,1-5H3. The molecule has 1 fully saturated rings. The molecule has 0 aromatic rings. The average Bonchev–Trinajstić information content (AvgIpc) is 2.12. The van der Waals surface area contributed by atoms with E-state index in [-0.39, 0.29) is 0 Å². The van der Waals surface area contributed by atoms with Crippen LogP contribution in [0.2, 0.25) is 5.82 Å². The zero-order chi connectivity index (χ0) is 11.6. The Hall–Kier alpha value is 0.0649. The minimum absolute atomic E-state index is 0.675. The molecule has 0 aromatic carbocycles. The molecular formula is C14H29B. The smallest absolute Gasteiger partial charge is 0.0697 e. The van der Waals surface area contributed by atoms with E-state index in [9.17, 15) is 0 Å². The molecule has 0 N–H and O–H groups in total. The van der Waals surface area contributed by atoms with Crippen LogP contribution in [0, 0.1) is 23.2 Å². The fourth-order valence-corrected chi connectivity index (χ4v) is 3.09. The minimum atomic E-state index is 0.675. The van der Waals surface area contributed by atoms with Gasteiger partial charge in [-0.1, -0.05) is 46.9 Å². The summed E-state index contributed by atoms with van der Waals surface area (Å²) in [4.78, 5) is 0. The summed E-state index contributed by atoms with van der Waals surface area (Å²) in [6.07, 6.45) is 5.82. The lowest BCUT2D eigenvalue weighted by Gasteiger charge is -2.52. The van der Waals surface area contributed by atoms with Crippen molar-refractivity contribution in [3.63, 3.8) is 0 Å². The van der Waals surface area contributed by atoms with E-state index in [1.54, 1.807) is 0 Å². The van der Waals surface area contributed by atoms with Gasteiger partial charge in [-0.05, 0) is 42.4 Å². The second-order valence-electron chi connectivity index (χ2n) is 6.83. The van der Waals surface area contributed by atoms with Crippen LogP contribution < -0.4 is 0 Å². The Morgan fingerprint density at radius 1 is 1.27 bits per heavy atom. The van der Waals surface area contributed by atoms with Crippen LogP contribution in [0.25, 0.3) is 0 Å². The molecule has 1 rings (SSSR count). The van der Waals surface area contributed by atoms with E-state index in [1.807, 2.05) is 0 Å². The third kappa shape index (κ3) is 3.01. The topological polar surface area (TPSA) is 0 Å². The first kappa shape index (κ1) is 13.1. The first-order valence-corrected chi connectivity index (χ1v) is 6.87. The maximum Gasteiger partial charge on any atom is 0.105 e. The highest BCUT2D eigenvalue weighted by molar-refractivity contribution is 6.11. The van der Waals surface area contributed by atoms with Gasteiger partial charge in [0.25, 0.3) is 0 Å². The van der Waals surface area contributed by atoms with Crippen molar-refractivity contribution < 1.29 is 0 Å². The molecule has 0 spiro atoms. The summed E-state index contributed by atoms with van der Waals surface area (Å²) in [5, 5.41) is 0. The van der Waals surface area contributed by atoms with Gasteiger partial charge < -0.3 is 0 Å². The molecule has 0 heterocycles. The van der Waals surface area contributed by atoms with E-state index in [0.717, 1.165) is 23.6 Å². The summed E-state index contributed by atoms with van der Waals surface area (Å²) in [6.45, 7) is 12.1. The maximum atomic E-state index is 2.53. The van der Waals surface area contributed by atoms with Crippen molar-refractivity contribution in [3.05, 3.63) is 0 Å². The van der Waals surface area contributed by atoms with Crippen molar-refractivity contribution >= 4 is 7.85 Å². The molecule has 4 unspecified atom stereocenters. The van der Waals surface area contributed by atoms with E-state index >= 15 is 0 Å². The first-order chi connectivity index (χ1) is 6.87. The summed E-state index contributed by atoms with van der Waals surface area (Å²) < 4.78 is 0. The predicted octanol–water partition coefficient (Wildman–Crippen LogP) is 3.92. The van der Waals surface area contributed by atoms with E-state index in [1.165, 1.54) is 25.7 Å². The van der Waals surface area contributed by atoms with Crippen molar-refractivity contribution in [2.75, 3.05) is 0 Å². The second-order valence-corrected chi connectivity index (χ2v) is 6.83. The molecule has 15 heavy (non-hydrogen) atoms. The lowest BCUT2D eigenvalue weighted by molar-refractivity contribution is -0.00499. The van der Waals surface area contributed by atoms with Gasteiger partial charge in [0.15, 0.2) is 0 Å². The van der Waals surface area contributed by atoms with Gasteiger partial charge in [-0.2, -0.15) is 0 Å². The SMILES string of the molecule is BC(C)C(C)C1CCC1(C)CCC(C)C. The molecule has 0 radical (unpaired) electrons. The van der Waals surface area contributed by atoms with Crippen LogP contribution in [-0.4, -0.2) is 7.85 Å². The highest BCUT2D eigenvalue weighted by Crippen LogP contribution is 2.55. The summed E-state index contributed by atoms with van der Waals surface area (Å²) in [6, 6.07) is 0. The summed E-state index contributed by atoms with van der Waals surface area (Å²) >= 11 is 0. The fraction of sp³-hybridized carbons (Fsp3) is 1.00. The van der Waals surface area contributed by atoms with Gasteiger partial charge in [-0.25, -0.2) is 0 Å². The van der Waals surface area contributed by atoms with Crippen LogP contribution in [0.4, 0.5) is 0 Å². The Labute approximate surface area is 97.6 Å². The molecule has 0 saturated heterocycles. The van der Waals surface area contributed by atoms with Crippen molar-refractivity contribution in [2.45, 2.75) is 66.1 Å². The van der Waals surface area contributed by atoms with E-state index in [0.29, 0.717) is 5.41 Å². The molecule has 0 nitrogen and oxygen atoms in total. The quantitative estimate of drug-likeness (QED) is 0.601. The normalized spacial score (nSPS) is 34.9. The van der Waals surface area contributed by atoms with Gasteiger partial charge in [-0.15, -0.1) is 0 Å². The number of hydrogen-bond acceptors (Lipinski definition) is 0. The Morgan fingerprint density at radius 3 is 2.20 bits per heavy atom. The highest BCUT2D eigenvalue weighted by atomic mass is 14.5. The summed E-state index contributed by atoms with van der Waals surface area (Å²) in [5.41, 5.74) is 0.675. The van der Waals surface area contributed by atoms with Crippen LogP contribution in [0.15, 0.2) is 0 Å². The van der Waals surface area contributed by atoms with Gasteiger partial charge in [0.2, 0.25) is 0 Å². The second kappa shape index (κ2) is 4.93. The molecule has 4 atom stereocenters. The molecular weight excluding hydrogens is 179 g/mol. The minimum Gasteiger partial charge on any atom is -0.0697 e. The van der Waals surface area contributed by atoms with Crippen LogP contribution in [0.3, 0.4) is 0 Å². The molecule has 1 aliphatic carbocycles. The van der Waals surface area contributed by atoms with Crippen LogP contribution in [0.5, 0.6) is 0 Å². The third-order valence-electron chi connectivity index (χ3n) is 4.90. The Balaban J connectivity index is 2.47. The van der Waals surface area contributed by atoms with Crippen molar-refractivity contribution in [2.24, 2.45) is 23.2 Å². The van der Waals surface area contributed by atoms with Gasteiger partial charge in [0.1, 0.15) is 7.85 Å². The van der Waals surface area contributed by atoms with Gasteiger partial charge in [0, 0.05) is 0 Å². The molecule has 1 aliphatic rings. The van der Waals surface area contributed by atoms with Crippen LogP contribution >= 0.6 is 0 Å². The number of hydrogen-bond donors (Lipinski definition) is 0. The molecule has 88 valence electrons. The van der Waals surface area contributed by atoms with Gasteiger partial charge in [0.05, 0.1) is 0 Å². The third-order valence-corrected chi connectivity index (χ3v) is 4.90. The summed E-state index contributed by atoms with van der Waals surface area (Å²) in [5.74, 6) is 3.64. The van der Waals surface area contributed by atoms with Crippen molar-refractivity contribution in [3.8, 4) is 0 Å². The molecule has 0 bridgehead atoms. The lowest BCUT2D eigenvalue weighted by Crippen LogP contribution is -2.42. The van der Waals surface area contributed by atoms with Crippen molar-refractivity contribution in [1.82, 2.24) is 0 Å². The molecule has 1 heteroatoms. The zero-order valence-electron chi connectivity index (χ0n) is 11.6. The lowest BCUT2D eigenvalue weighted by atomic mass is 9.52. The monoisotopic (exact) mass is 208 g/mol. The Bertz CT molecular complexity index is 198. The first-order valence-electron chi connectivity index (χ1n) is 6.87. The predicted molar refractivity (Wildman–Crippen MR) is 72.0 cm³/mol. The average molecular weight is 208 g/mol. The zero-order valence-corrected chi connectivity index (χ0v) is 11.6. The van der Waals surface area contributed by atoms with Crippen LogP contribution in [0.1, 0.15) is 60.3 Å². The van der Waals surface area contributed by atoms with Gasteiger partial charge in [-0.3, -0.25) is 0 Å². The Morgan fingerprint density at radius 2 is 1.87 bits per heavy atom. The van der Waals surface area contributed by atoms with Gasteiger partial charge >= 0.3 is 0 Å². The van der Waals surface area contributed by atoms with E-state index in [4.69, 9.17) is 0 Å². The number of rotatable bonds is 5. The molecule has 0 aliphatic heterocycles. The van der Waals surface area contributed by atoms with Crippen LogP contribution in [-0.2, 0) is 0 Å². The highest BCUT2D eigenvalue weighted by Gasteiger charge is 2.45.